The molecule has 0 unspecified atom stereocenters. The summed E-state index contributed by atoms with van der Waals surface area (Å²) in [5.41, 5.74) is 0. The van der Waals surface area contributed by atoms with Crippen molar-refractivity contribution in [2.75, 3.05) is 13.2 Å². The number of hydrogen-bond donors (Lipinski definition) is 0. The Morgan fingerprint density at radius 2 is 2.14 bits per heavy atom. The summed E-state index contributed by atoms with van der Waals surface area (Å²) in [5.74, 6) is 0. The molecule has 3 rings (SSSR count). The second-order valence-corrected chi connectivity index (χ2v) is 5.02. The van der Waals surface area contributed by atoms with E-state index in [1.165, 1.54) is 14.3 Å². The van der Waals surface area contributed by atoms with Crippen LogP contribution in [0.15, 0.2) is 12.1 Å². The maximum absolute atomic E-state index is 5.42. The second-order valence-electron chi connectivity index (χ2n) is 2.83. The molecular weight excluding hydrogens is 211 g/mol. The predicted molar refractivity (Wildman–Crippen MR) is 53.2 cm³/mol. The molecule has 0 N–H and O–H groups in total. The van der Waals surface area contributed by atoms with Gasteiger partial charge in [-0.05, 0) is 0 Å². The molecule has 2 nitrogen and oxygen atoms in total. The molecule has 0 amide bonds. The van der Waals surface area contributed by atoms with Crippen molar-refractivity contribution in [3.63, 3.8) is 0 Å². The Balaban J connectivity index is 0.000000750. The van der Waals surface area contributed by atoms with Crippen LogP contribution in [-0.2, 0) is 9.47 Å². The molecular formula is C9H7LiO2S2. The van der Waals surface area contributed by atoms with Crippen molar-refractivity contribution in [2.24, 2.45) is 0 Å². The first-order valence-corrected chi connectivity index (χ1v) is 5.69. The van der Waals surface area contributed by atoms with Crippen LogP contribution < -0.4 is 18.9 Å². The second kappa shape index (κ2) is 4.36. The number of ether oxygens (including phenoxy) is 2. The van der Waals surface area contributed by atoms with Crippen molar-refractivity contribution >= 4 is 32.1 Å². The molecule has 1 saturated heterocycles. The fourth-order valence-electron chi connectivity index (χ4n) is 1.37. The van der Waals surface area contributed by atoms with Crippen molar-refractivity contribution in [3.8, 4) is 0 Å². The summed E-state index contributed by atoms with van der Waals surface area (Å²) in [5, 5.41) is 4.36. The van der Waals surface area contributed by atoms with Crippen LogP contribution in [0.5, 0.6) is 0 Å². The zero-order chi connectivity index (χ0) is 8.67. The molecule has 1 aliphatic rings. The van der Waals surface area contributed by atoms with Crippen LogP contribution >= 0.6 is 22.7 Å². The van der Waals surface area contributed by atoms with Gasteiger partial charge in [-0.3, -0.25) is 11.3 Å². The topological polar surface area (TPSA) is 18.5 Å². The molecule has 0 aliphatic carbocycles. The van der Waals surface area contributed by atoms with E-state index in [1.807, 2.05) is 6.07 Å². The number of thiophene rings is 2. The zero-order valence-electron chi connectivity index (χ0n) is 7.78. The summed E-state index contributed by atoms with van der Waals surface area (Å²) in [7, 11) is 0. The van der Waals surface area contributed by atoms with E-state index < -0.39 is 0 Å². The van der Waals surface area contributed by atoms with Crippen LogP contribution in [0, 0.1) is 5.38 Å². The van der Waals surface area contributed by atoms with Crippen LogP contribution in [0.2, 0.25) is 0 Å². The summed E-state index contributed by atoms with van der Waals surface area (Å²) in [6, 6.07) is 4.14. The van der Waals surface area contributed by atoms with E-state index in [9.17, 15) is 0 Å². The Morgan fingerprint density at radius 1 is 1.36 bits per heavy atom. The SMILES string of the molecule is [Li+].[c-]1cc2cc(C3OCCO3)sc2s1. The van der Waals surface area contributed by atoms with E-state index in [4.69, 9.17) is 9.47 Å². The molecule has 0 saturated carbocycles. The van der Waals surface area contributed by atoms with Gasteiger partial charge < -0.3 is 9.47 Å². The zero-order valence-corrected chi connectivity index (χ0v) is 9.41. The Bertz CT molecular complexity index is 389. The average Bonchev–Trinajstić information content (AvgIpc) is 2.78. The summed E-state index contributed by atoms with van der Waals surface area (Å²) in [6.07, 6.45) is -0.121. The monoisotopic (exact) mass is 218 g/mol. The minimum absolute atomic E-state index is 0. The fourth-order valence-corrected chi connectivity index (χ4v) is 3.37. The molecule has 2 aromatic rings. The molecule has 0 bridgehead atoms. The van der Waals surface area contributed by atoms with E-state index in [0.29, 0.717) is 13.2 Å². The molecule has 68 valence electrons. The Kier molecular flexibility index (Phi) is 3.33. The van der Waals surface area contributed by atoms with Gasteiger partial charge in [0, 0.05) is 4.88 Å². The first-order valence-electron chi connectivity index (χ1n) is 4.06. The van der Waals surface area contributed by atoms with Crippen LogP contribution in [0.1, 0.15) is 11.2 Å². The van der Waals surface area contributed by atoms with Gasteiger partial charge in [-0.25, -0.2) is 11.3 Å². The summed E-state index contributed by atoms with van der Waals surface area (Å²) >= 11 is 3.39. The van der Waals surface area contributed by atoms with Gasteiger partial charge in [-0.1, -0.05) is 4.01 Å². The number of rotatable bonds is 1. The van der Waals surface area contributed by atoms with E-state index in [-0.39, 0.29) is 25.2 Å². The maximum Gasteiger partial charge on any atom is 1.00 e. The molecule has 5 heteroatoms. The largest absolute Gasteiger partial charge is 1.00 e. The first kappa shape index (κ1) is 10.7. The number of hydrogen-bond acceptors (Lipinski definition) is 4. The standard InChI is InChI=1S/C9H7O2S2.Li/c1-4-12-9-6(1)5-7(13-9)8-10-2-3-11-8;/h1,5,8H,2-3H2;/q-1;+1. The van der Waals surface area contributed by atoms with Gasteiger partial charge in [0.2, 0.25) is 0 Å². The molecule has 3 heterocycles. The molecule has 0 atom stereocenters. The van der Waals surface area contributed by atoms with Crippen molar-refractivity contribution in [1.82, 2.24) is 0 Å². The Morgan fingerprint density at radius 3 is 2.86 bits per heavy atom. The maximum atomic E-state index is 5.42. The quantitative estimate of drug-likeness (QED) is 0.488. The van der Waals surface area contributed by atoms with Gasteiger partial charge in [0.25, 0.3) is 0 Å². The van der Waals surface area contributed by atoms with Crippen LogP contribution in [0.25, 0.3) is 9.40 Å². The predicted octanol–water partition coefficient (Wildman–Crippen LogP) is -0.188. The Labute approximate surface area is 102 Å². The molecule has 0 aromatic carbocycles. The minimum atomic E-state index is -0.121. The van der Waals surface area contributed by atoms with Gasteiger partial charge in [0.05, 0.1) is 13.2 Å². The molecule has 0 radical (unpaired) electrons. The van der Waals surface area contributed by atoms with Crippen molar-refractivity contribution < 1.29 is 28.3 Å². The van der Waals surface area contributed by atoms with Crippen molar-refractivity contribution in [2.45, 2.75) is 6.29 Å². The smallest absolute Gasteiger partial charge is 0.345 e. The number of fused-ring (bicyclic) bond motifs is 1. The molecule has 2 aromatic heterocycles. The van der Waals surface area contributed by atoms with Gasteiger partial charge in [-0.2, -0.15) is 6.07 Å². The van der Waals surface area contributed by atoms with Crippen LogP contribution in [-0.4, -0.2) is 13.2 Å². The normalized spacial score (nSPS) is 17.4. The van der Waals surface area contributed by atoms with Gasteiger partial charge in [-0.15, -0.1) is 16.8 Å². The average molecular weight is 218 g/mol. The van der Waals surface area contributed by atoms with Gasteiger partial charge in [0.15, 0.2) is 6.29 Å². The molecule has 14 heavy (non-hydrogen) atoms. The van der Waals surface area contributed by atoms with E-state index in [0.717, 1.165) is 0 Å². The first-order chi connectivity index (χ1) is 6.43. The van der Waals surface area contributed by atoms with E-state index >= 15 is 0 Å². The van der Waals surface area contributed by atoms with Crippen molar-refractivity contribution in [3.05, 3.63) is 22.4 Å². The summed E-state index contributed by atoms with van der Waals surface area (Å²) in [4.78, 5) is 1.17. The third-order valence-electron chi connectivity index (χ3n) is 1.96. The van der Waals surface area contributed by atoms with Crippen LogP contribution in [0.3, 0.4) is 0 Å². The third-order valence-corrected chi connectivity index (χ3v) is 4.09. The van der Waals surface area contributed by atoms with E-state index in [1.54, 1.807) is 22.7 Å². The summed E-state index contributed by atoms with van der Waals surface area (Å²) < 4.78 is 12.1. The molecule has 1 fully saturated rings. The molecule has 1 aliphatic heterocycles. The van der Waals surface area contributed by atoms with E-state index in [2.05, 4.69) is 11.4 Å². The minimum Gasteiger partial charge on any atom is -0.345 e. The molecule has 0 spiro atoms. The van der Waals surface area contributed by atoms with Crippen molar-refractivity contribution in [1.29, 1.82) is 0 Å². The summed E-state index contributed by atoms with van der Waals surface area (Å²) in [6.45, 7) is 1.42. The van der Waals surface area contributed by atoms with Gasteiger partial charge in [0.1, 0.15) is 0 Å². The van der Waals surface area contributed by atoms with Crippen LogP contribution in [0.4, 0.5) is 0 Å². The fraction of sp³-hybridized carbons (Fsp3) is 0.333. The Hall–Kier alpha value is 0.177. The van der Waals surface area contributed by atoms with Gasteiger partial charge >= 0.3 is 18.9 Å². The third kappa shape index (κ3) is 1.79.